The van der Waals surface area contributed by atoms with Crippen LogP contribution >= 0.6 is 11.6 Å². The summed E-state index contributed by atoms with van der Waals surface area (Å²) in [6.07, 6.45) is 0.130. The van der Waals surface area contributed by atoms with E-state index in [1.807, 2.05) is 0 Å². The Hall–Kier alpha value is -2.03. The summed E-state index contributed by atoms with van der Waals surface area (Å²) in [4.78, 5) is 23.7. The lowest BCUT2D eigenvalue weighted by molar-refractivity contribution is -0.123. The molecule has 0 spiro atoms. The summed E-state index contributed by atoms with van der Waals surface area (Å²) < 4.78 is 54.9. The van der Waals surface area contributed by atoms with Crippen LogP contribution in [0.25, 0.3) is 0 Å². The Morgan fingerprint density at radius 1 is 1.29 bits per heavy atom. The molecule has 1 heterocycles. The molecule has 5 nitrogen and oxygen atoms in total. The third kappa shape index (κ3) is 4.68. The third-order valence-electron chi connectivity index (χ3n) is 5.25. The van der Waals surface area contributed by atoms with Gasteiger partial charge >= 0.3 is 6.03 Å². The first-order valence-corrected chi connectivity index (χ1v) is 9.40. The van der Waals surface area contributed by atoms with E-state index in [9.17, 15) is 27.2 Å². The maximum atomic E-state index is 14.6. The quantitative estimate of drug-likeness (QED) is 0.501. The maximum Gasteiger partial charge on any atom is 0.315 e. The molecule has 2 aliphatic rings. The maximum absolute atomic E-state index is 14.6. The van der Waals surface area contributed by atoms with Gasteiger partial charge in [-0.2, -0.15) is 0 Å². The first kappa shape index (κ1) is 20.7. The summed E-state index contributed by atoms with van der Waals surface area (Å²) in [7, 11) is 0. The predicted octanol–water partition coefficient (Wildman–Crippen LogP) is 3.67. The summed E-state index contributed by atoms with van der Waals surface area (Å²) in [6.45, 7) is 0.0691. The van der Waals surface area contributed by atoms with Crippen molar-refractivity contribution in [2.45, 2.75) is 50.1 Å². The molecule has 1 saturated heterocycles. The molecular formula is C18H20ClF4N3O2. The molecule has 3 N–H and O–H groups in total. The zero-order valence-corrected chi connectivity index (χ0v) is 15.6. The van der Waals surface area contributed by atoms with Gasteiger partial charge in [0.15, 0.2) is 0 Å². The molecular weight excluding hydrogens is 402 g/mol. The van der Waals surface area contributed by atoms with Crippen LogP contribution in [0.3, 0.4) is 0 Å². The van der Waals surface area contributed by atoms with E-state index < -0.39 is 46.6 Å². The lowest BCUT2D eigenvalue weighted by atomic mass is 9.81. The lowest BCUT2D eigenvalue weighted by Gasteiger charge is -2.31. The van der Waals surface area contributed by atoms with Gasteiger partial charge in [0.05, 0.1) is 6.04 Å². The summed E-state index contributed by atoms with van der Waals surface area (Å²) in [5, 5.41) is 6.82. The molecule has 2 atom stereocenters. The average Bonchev–Trinajstić information content (AvgIpc) is 3.07. The second-order valence-electron chi connectivity index (χ2n) is 7.27. The van der Waals surface area contributed by atoms with Gasteiger partial charge in [0, 0.05) is 24.9 Å². The molecule has 1 aliphatic carbocycles. The Kier molecular flexibility index (Phi) is 6.02. The van der Waals surface area contributed by atoms with E-state index >= 15 is 0 Å². The number of hydrogen-bond donors (Lipinski definition) is 3. The smallest absolute Gasteiger partial charge is 0.315 e. The van der Waals surface area contributed by atoms with Crippen LogP contribution in [0.15, 0.2) is 12.1 Å². The van der Waals surface area contributed by atoms with Gasteiger partial charge in [-0.25, -0.2) is 22.4 Å². The Balaban J connectivity index is 1.79. The van der Waals surface area contributed by atoms with Gasteiger partial charge in [-0.3, -0.25) is 4.79 Å². The van der Waals surface area contributed by atoms with Crippen molar-refractivity contribution in [3.05, 3.63) is 34.4 Å². The highest BCUT2D eigenvalue weighted by Gasteiger charge is 2.37. The van der Waals surface area contributed by atoms with Crippen molar-refractivity contribution < 1.29 is 27.2 Å². The topological polar surface area (TPSA) is 70.2 Å². The Morgan fingerprint density at radius 2 is 1.96 bits per heavy atom. The van der Waals surface area contributed by atoms with E-state index in [2.05, 4.69) is 16.0 Å². The Labute approximate surface area is 164 Å². The van der Waals surface area contributed by atoms with Crippen molar-refractivity contribution >= 4 is 23.5 Å². The fraction of sp³-hybridized carbons (Fsp3) is 0.556. The van der Waals surface area contributed by atoms with E-state index in [4.69, 9.17) is 11.6 Å². The zero-order valence-electron chi connectivity index (χ0n) is 14.8. The number of carbonyl (C=O) groups excluding carboxylic acids is 2. The number of rotatable bonds is 5. The van der Waals surface area contributed by atoms with Crippen molar-refractivity contribution in [2.75, 3.05) is 6.54 Å². The van der Waals surface area contributed by atoms with Gasteiger partial charge in [0.2, 0.25) is 11.8 Å². The standard InChI is InChI=1S/C18H20ClF4N3O2/c19-14-11(20)2-1-10(15(14)21)12(7-9-3-5-18(22,23)6-4-9)25-16(27)13-8-24-17(28)26-13/h1-2,9,12-13H,3-8H2,(H,25,27)(H2,24,26,28)/t12-,13?/m0/s1. The second kappa shape index (κ2) is 8.14. The number of carbonyl (C=O) groups is 2. The van der Waals surface area contributed by atoms with Crippen molar-refractivity contribution in [2.24, 2.45) is 5.92 Å². The average molecular weight is 422 g/mol. The number of nitrogens with one attached hydrogen (secondary N) is 3. The van der Waals surface area contributed by atoms with Crippen LogP contribution in [0, 0.1) is 17.6 Å². The minimum absolute atomic E-state index is 0.0191. The number of hydrogen-bond acceptors (Lipinski definition) is 2. The lowest BCUT2D eigenvalue weighted by Crippen LogP contribution is -2.45. The van der Waals surface area contributed by atoms with Crippen LogP contribution in [0.4, 0.5) is 22.4 Å². The normalized spacial score (nSPS) is 23.0. The van der Waals surface area contributed by atoms with E-state index in [0.717, 1.165) is 6.07 Å². The first-order valence-electron chi connectivity index (χ1n) is 9.02. The SMILES string of the molecule is O=C1NCC(C(=O)N[C@@H](CC2CCC(F)(F)CC2)c2ccc(F)c(Cl)c2F)N1. The van der Waals surface area contributed by atoms with Gasteiger partial charge in [-0.1, -0.05) is 17.7 Å². The Morgan fingerprint density at radius 3 is 2.57 bits per heavy atom. The molecule has 2 fully saturated rings. The summed E-state index contributed by atoms with van der Waals surface area (Å²) in [5.41, 5.74) is -0.0191. The predicted molar refractivity (Wildman–Crippen MR) is 94.1 cm³/mol. The summed E-state index contributed by atoms with van der Waals surface area (Å²) in [6, 6.07) is -0.0511. The number of halogens is 5. The van der Waals surface area contributed by atoms with E-state index in [1.54, 1.807) is 0 Å². The van der Waals surface area contributed by atoms with Gasteiger partial charge in [-0.05, 0) is 31.2 Å². The van der Waals surface area contributed by atoms with E-state index in [0.29, 0.717) is 0 Å². The molecule has 1 saturated carbocycles. The van der Waals surface area contributed by atoms with Crippen LogP contribution in [-0.4, -0.2) is 30.4 Å². The highest BCUT2D eigenvalue weighted by molar-refractivity contribution is 6.31. The molecule has 28 heavy (non-hydrogen) atoms. The zero-order chi connectivity index (χ0) is 20.5. The molecule has 0 aromatic heterocycles. The molecule has 0 radical (unpaired) electrons. The molecule has 3 rings (SSSR count). The minimum Gasteiger partial charge on any atom is -0.347 e. The van der Waals surface area contributed by atoms with Gasteiger partial charge < -0.3 is 16.0 Å². The number of benzene rings is 1. The molecule has 0 bridgehead atoms. The Bertz CT molecular complexity index is 767. The van der Waals surface area contributed by atoms with Crippen LogP contribution in [0.2, 0.25) is 5.02 Å². The molecule has 3 amide bonds. The summed E-state index contributed by atoms with van der Waals surface area (Å²) >= 11 is 5.66. The number of alkyl halides is 2. The molecule has 10 heteroatoms. The van der Waals surface area contributed by atoms with Crippen LogP contribution in [0.1, 0.15) is 43.7 Å². The van der Waals surface area contributed by atoms with Crippen molar-refractivity contribution in [1.82, 2.24) is 16.0 Å². The van der Waals surface area contributed by atoms with Crippen LogP contribution < -0.4 is 16.0 Å². The van der Waals surface area contributed by atoms with E-state index in [1.165, 1.54) is 6.07 Å². The molecule has 1 aliphatic heterocycles. The number of amides is 3. The van der Waals surface area contributed by atoms with Crippen LogP contribution in [0.5, 0.6) is 0 Å². The van der Waals surface area contributed by atoms with Gasteiger partial charge in [-0.15, -0.1) is 0 Å². The van der Waals surface area contributed by atoms with Gasteiger partial charge in [0.25, 0.3) is 0 Å². The largest absolute Gasteiger partial charge is 0.347 e. The fourth-order valence-electron chi connectivity index (χ4n) is 3.63. The van der Waals surface area contributed by atoms with Crippen LogP contribution in [-0.2, 0) is 4.79 Å². The number of urea groups is 1. The third-order valence-corrected chi connectivity index (χ3v) is 5.60. The highest BCUT2D eigenvalue weighted by Crippen LogP contribution is 2.40. The van der Waals surface area contributed by atoms with E-state index in [-0.39, 0.29) is 50.1 Å². The molecule has 154 valence electrons. The molecule has 1 aromatic rings. The fourth-order valence-corrected chi connectivity index (χ4v) is 3.80. The highest BCUT2D eigenvalue weighted by atomic mass is 35.5. The molecule has 1 aromatic carbocycles. The van der Waals surface area contributed by atoms with Crippen molar-refractivity contribution in [3.8, 4) is 0 Å². The monoisotopic (exact) mass is 421 g/mol. The molecule has 1 unspecified atom stereocenters. The van der Waals surface area contributed by atoms with Crippen molar-refractivity contribution in [1.29, 1.82) is 0 Å². The van der Waals surface area contributed by atoms with Gasteiger partial charge in [0.1, 0.15) is 22.7 Å². The first-order chi connectivity index (χ1) is 13.2. The van der Waals surface area contributed by atoms with Crippen molar-refractivity contribution in [3.63, 3.8) is 0 Å². The second-order valence-corrected chi connectivity index (χ2v) is 7.65. The minimum atomic E-state index is -2.71. The summed E-state index contributed by atoms with van der Waals surface area (Å²) in [5.74, 6) is -5.35.